The SMILES string of the molecule is C[C@@H](N)c1ccc(N(C)CCO)c(Cl)c1. The standard InChI is InChI=1S/C11H17ClN2O/c1-8(13)9-3-4-11(10(12)7-9)14(2)5-6-15/h3-4,7-8,15H,5-6,13H2,1-2H3/t8-/m1/s1. The molecule has 15 heavy (non-hydrogen) atoms. The third kappa shape index (κ3) is 3.09. The minimum atomic E-state index is -0.0142. The third-order valence-corrected chi connectivity index (χ3v) is 2.65. The molecule has 1 aromatic carbocycles. The van der Waals surface area contributed by atoms with Crippen molar-refractivity contribution < 1.29 is 5.11 Å². The lowest BCUT2D eigenvalue weighted by molar-refractivity contribution is 0.304. The molecule has 0 heterocycles. The summed E-state index contributed by atoms with van der Waals surface area (Å²) in [6.45, 7) is 2.60. The van der Waals surface area contributed by atoms with Crippen LogP contribution in [0.25, 0.3) is 0 Å². The van der Waals surface area contributed by atoms with Gasteiger partial charge >= 0.3 is 0 Å². The predicted molar refractivity (Wildman–Crippen MR) is 64.4 cm³/mol. The molecule has 0 aliphatic rings. The summed E-state index contributed by atoms with van der Waals surface area (Å²) < 4.78 is 0. The van der Waals surface area contributed by atoms with Gasteiger partial charge in [0.05, 0.1) is 17.3 Å². The number of hydrogen-bond donors (Lipinski definition) is 2. The van der Waals surface area contributed by atoms with E-state index in [1.54, 1.807) is 0 Å². The van der Waals surface area contributed by atoms with Gasteiger partial charge < -0.3 is 15.7 Å². The van der Waals surface area contributed by atoms with Crippen molar-refractivity contribution in [2.75, 3.05) is 25.1 Å². The van der Waals surface area contributed by atoms with E-state index in [4.69, 9.17) is 22.4 Å². The van der Waals surface area contributed by atoms with E-state index in [1.165, 1.54) is 0 Å². The van der Waals surface area contributed by atoms with E-state index in [2.05, 4.69) is 0 Å². The molecule has 0 aromatic heterocycles. The Labute approximate surface area is 95.5 Å². The molecule has 0 saturated carbocycles. The first-order valence-electron chi connectivity index (χ1n) is 4.93. The maximum atomic E-state index is 8.83. The van der Waals surface area contributed by atoms with Gasteiger partial charge in [-0.05, 0) is 24.6 Å². The molecule has 3 nitrogen and oxygen atoms in total. The first-order valence-corrected chi connectivity index (χ1v) is 5.31. The van der Waals surface area contributed by atoms with E-state index < -0.39 is 0 Å². The predicted octanol–water partition coefficient (Wildman–Crippen LogP) is 1.79. The number of halogens is 1. The molecule has 0 spiro atoms. The van der Waals surface area contributed by atoms with Gasteiger partial charge in [0.15, 0.2) is 0 Å². The lowest BCUT2D eigenvalue weighted by Crippen LogP contribution is -2.21. The van der Waals surface area contributed by atoms with Gasteiger partial charge in [0, 0.05) is 19.6 Å². The minimum absolute atomic E-state index is 0.0142. The van der Waals surface area contributed by atoms with Gasteiger partial charge in [0.2, 0.25) is 0 Å². The van der Waals surface area contributed by atoms with Gasteiger partial charge in [-0.2, -0.15) is 0 Å². The molecule has 84 valence electrons. The van der Waals surface area contributed by atoms with Crippen LogP contribution in [0.4, 0.5) is 5.69 Å². The second-order valence-electron chi connectivity index (χ2n) is 3.64. The van der Waals surface area contributed by atoms with E-state index in [0.29, 0.717) is 11.6 Å². The first-order chi connectivity index (χ1) is 7.06. The normalized spacial score (nSPS) is 12.6. The van der Waals surface area contributed by atoms with Gasteiger partial charge in [-0.3, -0.25) is 0 Å². The summed E-state index contributed by atoms with van der Waals surface area (Å²) in [6.07, 6.45) is 0. The molecule has 0 saturated heterocycles. The van der Waals surface area contributed by atoms with E-state index in [1.807, 2.05) is 37.1 Å². The molecule has 0 fully saturated rings. The van der Waals surface area contributed by atoms with Gasteiger partial charge in [0.1, 0.15) is 0 Å². The number of benzene rings is 1. The molecule has 0 unspecified atom stereocenters. The topological polar surface area (TPSA) is 49.5 Å². The molecule has 0 radical (unpaired) electrons. The van der Waals surface area contributed by atoms with E-state index in [9.17, 15) is 0 Å². The number of likely N-dealkylation sites (N-methyl/N-ethyl adjacent to an activating group) is 1. The van der Waals surface area contributed by atoms with Crippen LogP contribution in [-0.2, 0) is 0 Å². The van der Waals surface area contributed by atoms with Crippen LogP contribution in [0.1, 0.15) is 18.5 Å². The Balaban J connectivity index is 2.92. The number of hydrogen-bond acceptors (Lipinski definition) is 3. The largest absolute Gasteiger partial charge is 0.395 e. The van der Waals surface area contributed by atoms with Crippen LogP contribution in [0.5, 0.6) is 0 Å². The summed E-state index contributed by atoms with van der Waals surface area (Å²) in [6, 6.07) is 5.74. The number of nitrogens with zero attached hydrogens (tertiary/aromatic N) is 1. The Morgan fingerprint density at radius 3 is 2.67 bits per heavy atom. The van der Waals surface area contributed by atoms with Crippen molar-refractivity contribution in [3.05, 3.63) is 28.8 Å². The quantitative estimate of drug-likeness (QED) is 0.826. The van der Waals surface area contributed by atoms with E-state index >= 15 is 0 Å². The van der Waals surface area contributed by atoms with Crippen molar-refractivity contribution in [1.29, 1.82) is 0 Å². The van der Waals surface area contributed by atoms with Gasteiger partial charge in [-0.15, -0.1) is 0 Å². The fourth-order valence-electron chi connectivity index (χ4n) is 1.39. The lowest BCUT2D eigenvalue weighted by Gasteiger charge is -2.20. The van der Waals surface area contributed by atoms with Crippen LogP contribution in [0, 0.1) is 0 Å². The van der Waals surface area contributed by atoms with Crippen LogP contribution in [0.15, 0.2) is 18.2 Å². The average Bonchev–Trinajstić information content (AvgIpc) is 2.17. The van der Waals surface area contributed by atoms with Crippen LogP contribution in [0.2, 0.25) is 5.02 Å². The zero-order chi connectivity index (χ0) is 11.4. The highest BCUT2D eigenvalue weighted by molar-refractivity contribution is 6.33. The molecule has 3 N–H and O–H groups in total. The fourth-order valence-corrected chi connectivity index (χ4v) is 1.72. The summed E-state index contributed by atoms with van der Waals surface area (Å²) in [5.41, 5.74) is 7.68. The zero-order valence-corrected chi connectivity index (χ0v) is 9.83. The average molecular weight is 229 g/mol. The smallest absolute Gasteiger partial charge is 0.0642 e. The molecule has 1 aromatic rings. The van der Waals surface area contributed by atoms with Gasteiger partial charge in [0.25, 0.3) is 0 Å². The Morgan fingerprint density at radius 2 is 2.20 bits per heavy atom. The molecule has 0 amide bonds. The van der Waals surface area contributed by atoms with Crippen LogP contribution in [-0.4, -0.2) is 25.3 Å². The van der Waals surface area contributed by atoms with Gasteiger partial charge in [-0.1, -0.05) is 17.7 Å². The van der Waals surface area contributed by atoms with Crippen LogP contribution < -0.4 is 10.6 Å². The molecule has 1 rings (SSSR count). The highest BCUT2D eigenvalue weighted by Crippen LogP contribution is 2.27. The van der Waals surface area contributed by atoms with Crippen LogP contribution in [0.3, 0.4) is 0 Å². The second kappa shape index (κ2) is 5.35. The van der Waals surface area contributed by atoms with Crippen molar-refractivity contribution >= 4 is 17.3 Å². The van der Waals surface area contributed by atoms with Crippen molar-refractivity contribution in [3.8, 4) is 0 Å². The molecule has 0 aliphatic heterocycles. The maximum absolute atomic E-state index is 8.83. The van der Waals surface area contributed by atoms with Crippen LogP contribution >= 0.6 is 11.6 Å². The summed E-state index contributed by atoms with van der Waals surface area (Å²) >= 11 is 6.13. The van der Waals surface area contributed by atoms with Crippen molar-refractivity contribution in [3.63, 3.8) is 0 Å². The number of nitrogens with two attached hydrogens (primary N) is 1. The van der Waals surface area contributed by atoms with Crippen molar-refractivity contribution in [2.24, 2.45) is 5.73 Å². The minimum Gasteiger partial charge on any atom is -0.395 e. The maximum Gasteiger partial charge on any atom is 0.0642 e. The Hall–Kier alpha value is -0.770. The monoisotopic (exact) mass is 228 g/mol. The number of anilines is 1. The Morgan fingerprint density at radius 1 is 1.53 bits per heavy atom. The molecular weight excluding hydrogens is 212 g/mol. The number of rotatable bonds is 4. The van der Waals surface area contributed by atoms with Gasteiger partial charge in [-0.25, -0.2) is 0 Å². The molecule has 4 heteroatoms. The second-order valence-corrected chi connectivity index (χ2v) is 4.05. The lowest BCUT2D eigenvalue weighted by atomic mass is 10.1. The summed E-state index contributed by atoms with van der Waals surface area (Å²) in [4.78, 5) is 1.91. The molecule has 1 atom stereocenters. The van der Waals surface area contributed by atoms with E-state index in [-0.39, 0.29) is 12.6 Å². The summed E-state index contributed by atoms with van der Waals surface area (Å²) in [5.74, 6) is 0. The first kappa shape index (κ1) is 12.3. The Bertz CT molecular complexity index is 328. The highest BCUT2D eigenvalue weighted by atomic mass is 35.5. The number of aliphatic hydroxyl groups is 1. The number of aliphatic hydroxyl groups excluding tert-OH is 1. The summed E-state index contributed by atoms with van der Waals surface area (Å²) in [7, 11) is 1.89. The van der Waals surface area contributed by atoms with Crippen molar-refractivity contribution in [1.82, 2.24) is 0 Å². The fraction of sp³-hybridized carbons (Fsp3) is 0.455. The van der Waals surface area contributed by atoms with Crippen molar-refractivity contribution in [2.45, 2.75) is 13.0 Å². The third-order valence-electron chi connectivity index (χ3n) is 2.34. The molecular formula is C11H17ClN2O. The molecule has 0 bridgehead atoms. The summed E-state index contributed by atoms with van der Waals surface area (Å²) in [5, 5.41) is 9.49. The zero-order valence-electron chi connectivity index (χ0n) is 9.07. The highest BCUT2D eigenvalue weighted by Gasteiger charge is 2.07. The molecule has 0 aliphatic carbocycles. The van der Waals surface area contributed by atoms with E-state index in [0.717, 1.165) is 11.3 Å². The Kier molecular flexibility index (Phi) is 4.39.